The average molecular weight is 645 g/mol. The third-order valence-electron chi connectivity index (χ3n) is 7.72. The number of methoxy groups -OCH3 is 1. The lowest BCUT2D eigenvalue weighted by atomic mass is 10.1. The summed E-state index contributed by atoms with van der Waals surface area (Å²) in [4.78, 5) is 45.5. The van der Waals surface area contributed by atoms with E-state index < -0.39 is 11.7 Å². The van der Waals surface area contributed by atoms with Crippen LogP contribution in [0.2, 0.25) is 0 Å². The first-order valence-electron chi connectivity index (χ1n) is 14.8. The zero-order chi connectivity index (χ0) is 32.0. The highest BCUT2D eigenvalue weighted by Crippen LogP contribution is 2.35. The predicted molar refractivity (Wildman–Crippen MR) is 176 cm³/mol. The van der Waals surface area contributed by atoms with Crippen LogP contribution in [-0.4, -0.2) is 91.3 Å². The third kappa shape index (κ3) is 6.77. The second-order valence-electron chi connectivity index (χ2n) is 10.5. The van der Waals surface area contributed by atoms with E-state index in [4.69, 9.17) is 19.4 Å². The van der Waals surface area contributed by atoms with E-state index in [0.717, 1.165) is 41.5 Å². The van der Waals surface area contributed by atoms with Crippen LogP contribution in [0.1, 0.15) is 9.67 Å². The lowest BCUT2D eigenvalue weighted by molar-refractivity contribution is -0.126. The Morgan fingerprint density at radius 3 is 2.54 bits per heavy atom. The van der Waals surface area contributed by atoms with E-state index in [1.807, 2.05) is 12.1 Å². The van der Waals surface area contributed by atoms with E-state index in [1.165, 1.54) is 24.4 Å². The zero-order valence-corrected chi connectivity index (χ0v) is 26.1. The molecule has 3 aromatic heterocycles. The van der Waals surface area contributed by atoms with E-state index in [0.29, 0.717) is 66.7 Å². The molecule has 2 N–H and O–H groups in total. The van der Waals surface area contributed by atoms with Crippen molar-refractivity contribution in [2.24, 2.45) is 0 Å². The molecule has 2 saturated heterocycles. The second-order valence-corrected chi connectivity index (χ2v) is 11.5. The smallest absolute Gasteiger partial charge is 0.267 e. The predicted octanol–water partition coefficient (Wildman–Crippen LogP) is 4.41. The maximum Gasteiger partial charge on any atom is 0.267 e. The molecule has 0 aliphatic carbocycles. The molecule has 0 saturated carbocycles. The molecule has 0 spiro atoms. The van der Waals surface area contributed by atoms with Crippen molar-refractivity contribution in [2.45, 2.75) is 0 Å². The molecule has 6 rings (SSSR count). The van der Waals surface area contributed by atoms with Crippen LogP contribution in [0.4, 0.5) is 32.5 Å². The largest absolute Gasteiger partial charge is 0.493 e. The fourth-order valence-electron chi connectivity index (χ4n) is 5.28. The number of anilines is 5. The molecule has 0 radical (unpaired) electrons. The molecule has 1 aromatic carbocycles. The Kier molecular flexibility index (Phi) is 9.36. The zero-order valence-electron chi connectivity index (χ0n) is 25.2. The number of nitrogens with zero attached hydrogens (tertiary/aromatic N) is 6. The van der Waals surface area contributed by atoms with Crippen LogP contribution in [0.3, 0.4) is 0 Å². The van der Waals surface area contributed by atoms with Crippen molar-refractivity contribution in [1.82, 2.24) is 19.9 Å². The molecule has 2 amide bonds. The first-order chi connectivity index (χ1) is 22.4. The fourth-order valence-corrected chi connectivity index (χ4v) is 5.99. The molecule has 5 heterocycles. The number of piperazine rings is 1. The van der Waals surface area contributed by atoms with E-state index in [2.05, 4.69) is 38.1 Å². The van der Waals surface area contributed by atoms with Gasteiger partial charge in [-0.05, 0) is 36.4 Å². The van der Waals surface area contributed by atoms with Gasteiger partial charge in [0.05, 0.1) is 43.6 Å². The molecular weight excluding hydrogens is 611 g/mol. The summed E-state index contributed by atoms with van der Waals surface area (Å²) in [6.07, 6.45) is 4.57. The molecule has 46 heavy (non-hydrogen) atoms. The van der Waals surface area contributed by atoms with Crippen LogP contribution in [0, 0.1) is 5.82 Å². The number of nitrogens with one attached hydrogen (secondary N) is 2. The molecule has 12 nitrogen and oxygen atoms in total. The molecule has 238 valence electrons. The Hall–Kier alpha value is -5.08. The van der Waals surface area contributed by atoms with Gasteiger partial charge in [-0.3, -0.25) is 9.59 Å². The van der Waals surface area contributed by atoms with Crippen LogP contribution in [0.5, 0.6) is 5.75 Å². The number of morpholine rings is 1. The number of hydrogen-bond acceptors (Lipinski definition) is 11. The van der Waals surface area contributed by atoms with Crippen molar-refractivity contribution < 1.29 is 23.5 Å². The monoisotopic (exact) mass is 644 g/mol. The summed E-state index contributed by atoms with van der Waals surface area (Å²) in [6.45, 7) is 8.81. The molecule has 14 heteroatoms. The van der Waals surface area contributed by atoms with Gasteiger partial charge < -0.3 is 34.8 Å². The van der Waals surface area contributed by atoms with Gasteiger partial charge >= 0.3 is 0 Å². The standard InChI is InChI=1S/C32H33FN8O4S/c1-3-28(42)40-10-12-41(13-11-40)30-25(39-14-16-45-17-15-39)18-21(19-34-30)23-8-9-26(44-2)29(36-23)38-32-35-20-27(46-32)31(43)37-24-7-5-4-6-22(24)33/h3-9,18-20H,1,10-17H2,2H3,(H,37,43)(H,35,36,38). The Morgan fingerprint density at radius 1 is 1.02 bits per heavy atom. The normalized spacial score (nSPS) is 15.0. The number of carbonyl (C=O) groups is 2. The summed E-state index contributed by atoms with van der Waals surface area (Å²) in [6, 6.07) is 11.7. The van der Waals surface area contributed by atoms with Crippen molar-refractivity contribution in [1.29, 1.82) is 0 Å². The van der Waals surface area contributed by atoms with E-state index in [-0.39, 0.29) is 11.6 Å². The van der Waals surface area contributed by atoms with Gasteiger partial charge in [-0.25, -0.2) is 19.3 Å². The number of thiazole rings is 1. The van der Waals surface area contributed by atoms with Gasteiger partial charge in [-0.15, -0.1) is 0 Å². The van der Waals surface area contributed by atoms with Gasteiger partial charge in [0, 0.05) is 51.0 Å². The molecule has 2 aliphatic heterocycles. The third-order valence-corrected chi connectivity index (χ3v) is 8.63. The van der Waals surface area contributed by atoms with Crippen LogP contribution >= 0.6 is 11.3 Å². The Balaban J connectivity index is 1.24. The summed E-state index contributed by atoms with van der Waals surface area (Å²) < 4.78 is 25.2. The number of halogens is 1. The fraction of sp³-hybridized carbons (Fsp3) is 0.281. The highest BCUT2D eigenvalue weighted by Gasteiger charge is 2.26. The lowest BCUT2D eigenvalue weighted by Crippen LogP contribution is -2.49. The van der Waals surface area contributed by atoms with Gasteiger partial charge in [0.2, 0.25) is 5.91 Å². The Labute approximate surface area is 269 Å². The van der Waals surface area contributed by atoms with E-state index in [1.54, 1.807) is 30.3 Å². The number of carbonyl (C=O) groups excluding carboxylic acids is 2. The van der Waals surface area contributed by atoms with Gasteiger partial charge in [0.15, 0.2) is 22.5 Å². The average Bonchev–Trinajstić information content (AvgIpc) is 3.58. The highest BCUT2D eigenvalue weighted by molar-refractivity contribution is 7.17. The molecule has 4 aromatic rings. The maximum atomic E-state index is 14.0. The maximum absolute atomic E-state index is 14.0. The van der Waals surface area contributed by atoms with Gasteiger partial charge in [0.1, 0.15) is 10.7 Å². The van der Waals surface area contributed by atoms with Gasteiger partial charge in [-0.2, -0.15) is 0 Å². The Bertz CT molecular complexity index is 1740. The van der Waals surface area contributed by atoms with Crippen LogP contribution < -0.4 is 25.2 Å². The van der Waals surface area contributed by atoms with Gasteiger partial charge in [0.25, 0.3) is 5.91 Å². The summed E-state index contributed by atoms with van der Waals surface area (Å²) in [5.41, 5.74) is 2.53. The van der Waals surface area contributed by atoms with Crippen LogP contribution in [0.15, 0.2) is 67.5 Å². The molecule has 0 bridgehead atoms. The number of ether oxygens (including phenoxy) is 2. The first-order valence-corrected chi connectivity index (χ1v) is 15.6. The molecule has 0 unspecified atom stereocenters. The number of rotatable bonds is 9. The minimum atomic E-state index is -0.522. The van der Waals surface area contributed by atoms with Crippen molar-refractivity contribution >= 4 is 51.3 Å². The number of pyridine rings is 2. The number of benzene rings is 1. The molecule has 0 atom stereocenters. The summed E-state index contributed by atoms with van der Waals surface area (Å²) in [7, 11) is 1.55. The molecule has 2 aliphatic rings. The summed E-state index contributed by atoms with van der Waals surface area (Å²) >= 11 is 1.11. The van der Waals surface area contributed by atoms with E-state index in [9.17, 15) is 14.0 Å². The second kappa shape index (κ2) is 13.9. The quantitative estimate of drug-likeness (QED) is 0.253. The summed E-state index contributed by atoms with van der Waals surface area (Å²) in [5, 5.41) is 6.15. The topological polar surface area (TPSA) is 125 Å². The number of hydrogen-bond donors (Lipinski definition) is 2. The van der Waals surface area contributed by atoms with Crippen LogP contribution in [-0.2, 0) is 9.53 Å². The van der Waals surface area contributed by atoms with Crippen molar-refractivity contribution in [3.63, 3.8) is 0 Å². The molecule has 2 fully saturated rings. The minimum absolute atomic E-state index is 0.0637. The number of para-hydroxylation sites is 1. The lowest BCUT2D eigenvalue weighted by Gasteiger charge is -2.38. The summed E-state index contributed by atoms with van der Waals surface area (Å²) in [5.74, 6) is 0.696. The molecular formula is C32H33FN8O4S. The highest BCUT2D eigenvalue weighted by atomic mass is 32.1. The minimum Gasteiger partial charge on any atom is -0.493 e. The van der Waals surface area contributed by atoms with Crippen LogP contribution in [0.25, 0.3) is 11.3 Å². The SMILES string of the molecule is C=CC(=O)N1CCN(c2ncc(-c3ccc(OC)c(Nc4ncc(C(=O)Nc5ccccc5F)s4)n3)cc2N2CCOCC2)CC1. The van der Waals surface area contributed by atoms with E-state index >= 15 is 0 Å². The van der Waals surface area contributed by atoms with Crippen molar-refractivity contribution in [3.05, 3.63) is 78.2 Å². The van der Waals surface area contributed by atoms with Gasteiger partial charge in [-0.1, -0.05) is 30.0 Å². The van der Waals surface area contributed by atoms with Crippen molar-refractivity contribution in [3.8, 4) is 17.0 Å². The number of aromatic nitrogens is 3. The first kappa shape index (κ1) is 30.9. The van der Waals surface area contributed by atoms with Crippen molar-refractivity contribution in [2.75, 3.05) is 80.0 Å². The number of amides is 2. The Morgan fingerprint density at radius 2 is 1.80 bits per heavy atom.